The molecule has 0 bridgehead atoms. The Kier molecular flexibility index (Phi) is 3.50. The highest BCUT2D eigenvalue weighted by atomic mass is 15.2. The highest BCUT2D eigenvalue weighted by molar-refractivity contribution is 5.48. The first kappa shape index (κ1) is 12.0. The molecule has 2 aliphatic rings. The first-order valence-electron chi connectivity index (χ1n) is 7.29. The molecule has 0 aliphatic carbocycles. The number of hydrogen-bond donors (Lipinski definition) is 1. The van der Waals surface area contributed by atoms with Crippen molar-refractivity contribution in [2.24, 2.45) is 0 Å². The fourth-order valence-electron chi connectivity index (χ4n) is 3.19. The Labute approximate surface area is 110 Å². The molecule has 0 aromatic carbocycles. The van der Waals surface area contributed by atoms with Crippen LogP contribution in [0, 0.1) is 6.92 Å². The molecule has 0 amide bonds. The van der Waals surface area contributed by atoms with Crippen LogP contribution in [0.15, 0.2) is 12.3 Å². The minimum absolute atomic E-state index is 0.534. The number of aryl methyl sites for hydroxylation is 1. The summed E-state index contributed by atoms with van der Waals surface area (Å²) >= 11 is 0. The van der Waals surface area contributed by atoms with E-state index in [1.807, 2.05) is 0 Å². The number of nitrogens with one attached hydrogen (secondary N) is 1. The third-order valence-corrected chi connectivity index (χ3v) is 4.19. The second kappa shape index (κ2) is 5.27. The van der Waals surface area contributed by atoms with Gasteiger partial charge in [0.25, 0.3) is 0 Å². The maximum Gasteiger partial charge on any atom is 0.131 e. The van der Waals surface area contributed by atoms with E-state index in [2.05, 4.69) is 29.4 Å². The van der Waals surface area contributed by atoms with Crippen LogP contribution in [0.1, 0.15) is 49.3 Å². The van der Waals surface area contributed by atoms with Gasteiger partial charge in [-0.15, -0.1) is 0 Å². The number of pyridine rings is 1. The van der Waals surface area contributed by atoms with E-state index in [0.29, 0.717) is 6.04 Å². The molecule has 3 heterocycles. The van der Waals surface area contributed by atoms with Crippen molar-refractivity contribution >= 4 is 5.82 Å². The average Bonchev–Trinajstić information content (AvgIpc) is 2.93. The lowest BCUT2D eigenvalue weighted by molar-refractivity contribution is 0.571. The van der Waals surface area contributed by atoms with Crippen LogP contribution in [0.5, 0.6) is 0 Å². The van der Waals surface area contributed by atoms with Crippen LogP contribution >= 0.6 is 0 Å². The Morgan fingerprint density at radius 2 is 2.06 bits per heavy atom. The minimum Gasteiger partial charge on any atom is -0.356 e. The van der Waals surface area contributed by atoms with E-state index in [0.717, 1.165) is 6.54 Å². The Balaban J connectivity index is 1.79. The van der Waals surface area contributed by atoms with Crippen molar-refractivity contribution in [1.82, 2.24) is 10.3 Å². The summed E-state index contributed by atoms with van der Waals surface area (Å²) in [4.78, 5) is 7.18. The standard InChI is InChI=1S/C15H23N3/c1-12-10-13(14-6-5-7-16-14)11-17-15(12)18-8-3-2-4-9-18/h10-11,14,16H,2-9H2,1H3/t14-/m1/s1. The molecule has 2 saturated heterocycles. The number of hydrogen-bond acceptors (Lipinski definition) is 3. The van der Waals surface area contributed by atoms with Crippen LogP contribution in [-0.2, 0) is 0 Å². The van der Waals surface area contributed by atoms with Gasteiger partial charge >= 0.3 is 0 Å². The molecule has 1 aromatic rings. The molecule has 3 heteroatoms. The fourth-order valence-corrected chi connectivity index (χ4v) is 3.19. The van der Waals surface area contributed by atoms with Gasteiger partial charge in [-0.1, -0.05) is 0 Å². The quantitative estimate of drug-likeness (QED) is 0.868. The maximum absolute atomic E-state index is 4.73. The molecular weight excluding hydrogens is 222 g/mol. The summed E-state index contributed by atoms with van der Waals surface area (Å²) in [5.74, 6) is 1.21. The number of rotatable bonds is 2. The highest BCUT2D eigenvalue weighted by Gasteiger charge is 2.19. The SMILES string of the molecule is Cc1cc([C@H]2CCCN2)cnc1N1CCCCC1. The van der Waals surface area contributed by atoms with E-state index in [-0.39, 0.29) is 0 Å². The van der Waals surface area contributed by atoms with Gasteiger partial charge in [-0.2, -0.15) is 0 Å². The zero-order valence-corrected chi connectivity index (χ0v) is 11.3. The molecule has 3 nitrogen and oxygen atoms in total. The first-order valence-corrected chi connectivity index (χ1v) is 7.29. The second-order valence-electron chi connectivity index (χ2n) is 5.61. The average molecular weight is 245 g/mol. The Hall–Kier alpha value is -1.09. The van der Waals surface area contributed by atoms with Crippen LogP contribution in [0.25, 0.3) is 0 Å². The van der Waals surface area contributed by atoms with Gasteiger partial charge in [-0.3, -0.25) is 0 Å². The summed E-state index contributed by atoms with van der Waals surface area (Å²) in [6, 6.07) is 2.87. The molecule has 0 saturated carbocycles. The molecule has 3 rings (SSSR count). The van der Waals surface area contributed by atoms with Crippen molar-refractivity contribution in [2.45, 2.75) is 45.1 Å². The monoisotopic (exact) mass is 245 g/mol. The molecule has 0 radical (unpaired) electrons. The smallest absolute Gasteiger partial charge is 0.131 e. The van der Waals surface area contributed by atoms with Gasteiger partial charge in [0.2, 0.25) is 0 Å². The van der Waals surface area contributed by atoms with Gasteiger partial charge in [-0.05, 0) is 62.8 Å². The lowest BCUT2D eigenvalue weighted by Crippen LogP contribution is -2.30. The van der Waals surface area contributed by atoms with E-state index in [1.165, 1.54) is 62.1 Å². The third kappa shape index (κ3) is 2.37. The molecule has 1 N–H and O–H groups in total. The van der Waals surface area contributed by atoms with Crippen LogP contribution in [0.3, 0.4) is 0 Å². The number of anilines is 1. The lowest BCUT2D eigenvalue weighted by atomic mass is 10.0. The largest absolute Gasteiger partial charge is 0.356 e. The topological polar surface area (TPSA) is 28.2 Å². The van der Waals surface area contributed by atoms with E-state index in [9.17, 15) is 0 Å². The summed E-state index contributed by atoms with van der Waals surface area (Å²) in [7, 11) is 0. The van der Waals surface area contributed by atoms with Gasteiger partial charge < -0.3 is 10.2 Å². The highest BCUT2D eigenvalue weighted by Crippen LogP contribution is 2.27. The number of piperidine rings is 1. The van der Waals surface area contributed by atoms with Crippen molar-refractivity contribution in [3.8, 4) is 0 Å². The lowest BCUT2D eigenvalue weighted by Gasteiger charge is -2.29. The van der Waals surface area contributed by atoms with E-state index >= 15 is 0 Å². The summed E-state index contributed by atoms with van der Waals surface area (Å²) in [5, 5.41) is 3.55. The van der Waals surface area contributed by atoms with E-state index in [1.54, 1.807) is 0 Å². The van der Waals surface area contributed by atoms with Gasteiger partial charge in [0, 0.05) is 25.3 Å². The van der Waals surface area contributed by atoms with Gasteiger partial charge in [0.05, 0.1) is 0 Å². The van der Waals surface area contributed by atoms with Crippen LogP contribution in [-0.4, -0.2) is 24.6 Å². The minimum atomic E-state index is 0.534. The predicted molar refractivity (Wildman–Crippen MR) is 75.0 cm³/mol. The predicted octanol–water partition coefficient (Wildman–Crippen LogP) is 2.80. The summed E-state index contributed by atoms with van der Waals surface area (Å²) in [5.41, 5.74) is 2.70. The summed E-state index contributed by atoms with van der Waals surface area (Å²) in [6.45, 7) is 5.71. The van der Waals surface area contributed by atoms with Gasteiger partial charge in [-0.25, -0.2) is 4.98 Å². The van der Waals surface area contributed by atoms with Crippen molar-refractivity contribution < 1.29 is 0 Å². The number of nitrogens with zero attached hydrogens (tertiary/aromatic N) is 2. The Morgan fingerprint density at radius 1 is 1.22 bits per heavy atom. The van der Waals surface area contributed by atoms with Crippen molar-refractivity contribution in [3.05, 3.63) is 23.4 Å². The molecule has 2 fully saturated rings. The van der Waals surface area contributed by atoms with Crippen molar-refractivity contribution in [2.75, 3.05) is 24.5 Å². The van der Waals surface area contributed by atoms with Gasteiger partial charge in [0.1, 0.15) is 5.82 Å². The van der Waals surface area contributed by atoms with E-state index in [4.69, 9.17) is 4.98 Å². The second-order valence-corrected chi connectivity index (χ2v) is 5.61. The Bertz CT molecular complexity index is 404. The molecule has 0 spiro atoms. The molecule has 1 aromatic heterocycles. The molecule has 98 valence electrons. The first-order chi connectivity index (χ1) is 8.84. The number of aromatic nitrogens is 1. The molecule has 0 unspecified atom stereocenters. The van der Waals surface area contributed by atoms with Crippen LogP contribution in [0.2, 0.25) is 0 Å². The van der Waals surface area contributed by atoms with Gasteiger partial charge in [0.15, 0.2) is 0 Å². The Morgan fingerprint density at radius 3 is 2.72 bits per heavy atom. The summed E-state index contributed by atoms with van der Waals surface area (Å²) in [6.07, 6.45) is 8.63. The zero-order valence-electron chi connectivity index (χ0n) is 11.3. The molecule has 1 atom stereocenters. The molecule has 18 heavy (non-hydrogen) atoms. The fraction of sp³-hybridized carbons (Fsp3) is 0.667. The zero-order chi connectivity index (χ0) is 12.4. The summed E-state index contributed by atoms with van der Waals surface area (Å²) < 4.78 is 0. The normalized spacial score (nSPS) is 24.5. The van der Waals surface area contributed by atoms with Crippen LogP contribution in [0.4, 0.5) is 5.82 Å². The van der Waals surface area contributed by atoms with Crippen molar-refractivity contribution in [1.29, 1.82) is 0 Å². The molecule has 2 aliphatic heterocycles. The molecular formula is C15H23N3. The third-order valence-electron chi connectivity index (χ3n) is 4.19. The van der Waals surface area contributed by atoms with Crippen LogP contribution < -0.4 is 10.2 Å². The van der Waals surface area contributed by atoms with E-state index < -0.39 is 0 Å². The maximum atomic E-state index is 4.73. The van der Waals surface area contributed by atoms with Crippen molar-refractivity contribution in [3.63, 3.8) is 0 Å².